The number of aryl methyl sites for hydroxylation is 1. The van der Waals surface area contributed by atoms with Crippen molar-refractivity contribution in [3.63, 3.8) is 0 Å². The topological polar surface area (TPSA) is 63.0 Å². The van der Waals surface area contributed by atoms with Crippen LogP contribution in [0.25, 0.3) is 0 Å². The Kier molecular flexibility index (Phi) is 5.61. The van der Waals surface area contributed by atoms with Crippen LogP contribution in [0.15, 0.2) is 30.6 Å². The van der Waals surface area contributed by atoms with Crippen molar-refractivity contribution in [3.8, 4) is 0 Å². The van der Waals surface area contributed by atoms with Crippen LogP contribution >= 0.6 is 0 Å². The molecule has 2 aromatic rings. The molecule has 0 saturated carbocycles. The predicted molar refractivity (Wildman–Crippen MR) is 83.3 cm³/mol. The van der Waals surface area contributed by atoms with E-state index in [2.05, 4.69) is 15.5 Å². The van der Waals surface area contributed by atoms with Gasteiger partial charge in [0.15, 0.2) is 0 Å². The normalized spacial score (nSPS) is 14.6. The predicted octanol–water partition coefficient (Wildman–Crippen LogP) is 2.36. The van der Waals surface area contributed by atoms with Crippen molar-refractivity contribution in [3.05, 3.63) is 47.5 Å². The summed E-state index contributed by atoms with van der Waals surface area (Å²) in [4.78, 5) is 0. The molecule has 0 radical (unpaired) electrons. The molecule has 5 nitrogen and oxygen atoms in total. The second kappa shape index (κ2) is 7.31. The number of halogens is 3. The monoisotopic (exact) mass is 342 g/mol. The Bertz CT molecular complexity index is 667. The fourth-order valence-electron chi connectivity index (χ4n) is 2.40. The molecule has 1 aromatic heterocycles. The van der Waals surface area contributed by atoms with E-state index in [-0.39, 0.29) is 12.1 Å². The maximum atomic E-state index is 12.8. The quantitative estimate of drug-likeness (QED) is 0.758. The maximum Gasteiger partial charge on any atom is 0.416 e. The number of hydrogen-bond donors (Lipinski definition) is 2. The number of rotatable bonds is 7. The molecule has 8 heteroatoms. The van der Waals surface area contributed by atoms with Crippen molar-refractivity contribution < 1.29 is 18.3 Å². The van der Waals surface area contributed by atoms with Crippen LogP contribution < -0.4 is 5.32 Å². The van der Waals surface area contributed by atoms with Crippen molar-refractivity contribution in [2.45, 2.75) is 38.6 Å². The van der Waals surface area contributed by atoms with Crippen molar-refractivity contribution in [1.29, 1.82) is 0 Å². The van der Waals surface area contributed by atoms with E-state index in [9.17, 15) is 18.3 Å². The summed E-state index contributed by atoms with van der Waals surface area (Å²) in [6, 6.07) is 4.77. The molecule has 132 valence electrons. The van der Waals surface area contributed by atoms with Gasteiger partial charge in [0.05, 0.1) is 11.2 Å². The van der Waals surface area contributed by atoms with Gasteiger partial charge in [0.25, 0.3) is 0 Å². The first-order valence-electron chi connectivity index (χ1n) is 7.71. The number of aliphatic hydroxyl groups is 1. The second-order valence-electron chi connectivity index (χ2n) is 5.82. The smallest absolute Gasteiger partial charge is 0.384 e. The lowest BCUT2D eigenvalue weighted by Gasteiger charge is -2.25. The molecule has 0 bridgehead atoms. The minimum absolute atomic E-state index is 0.137. The molecular formula is C16H21F3N4O. The van der Waals surface area contributed by atoms with Crippen LogP contribution in [0.3, 0.4) is 0 Å². The van der Waals surface area contributed by atoms with E-state index < -0.39 is 17.3 Å². The molecular weight excluding hydrogens is 321 g/mol. The highest BCUT2D eigenvalue weighted by atomic mass is 19.4. The van der Waals surface area contributed by atoms with Gasteiger partial charge in [0, 0.05) is 26.1 Å². The first-order valence-corrected chi connectivity index (χ1v) is 7.71. The van der Waals surface area contributed by atoms with Crippen LogP contribution in [0, 0.1) is 0 Å². The Morgan fingerprint density at radius 1 is 1.25 bits per heavy atom. The van der Waals surface area contributed by atoms with Crippen molar-refractivity contribution in [2.75, 3.05) is 13.1 Å². The van der Waals surface area contributed by atoms with Gasteiger partial charge >= 0.3 is 6.18 Å². The van der Waals surface area contributed by atoms with Crippen LogP contribution in [0.2, 0.25) is 0 Å². The molecule has 1 unspecified atom stereocenters. The van der Waals surface area contributed by atoms with Crippen LogP contribution in [0.5, 0.6) is 0 Å². The molecule has 0 saturated heterocycles. The molecule has 2 N–H and O–H groups in total. The Hall–Kier alpha value is -1.93. The molecule has 2 rings (SSSR count). The molecule has 1 aromatic carbocycles. The molecule has 0 fully saturated rings. The minimum Gasteiger partial charge on any atom is -0.384 e. The maximum absolute atomic E-state index is 12.8. The third-order valence-electron chi connectivity index (χ3n) is 3.82. The first kappa shape index (κ1) is 18.4. The number of benzene rings is 1. The van der Waals surface area contributed by atoms with E-state index in [4.69, 9.17) is 0 Å². The Labute approximate surface area is 138 Å². The summed E-state index contributed by atoms with van der Waals surface area (Å²) < 4.78 is 40.2. The lowest BCUT2D eigenvalue weighted by Crippen LogP contribution is -2.37. The Morgan fingerprint density at radius 3 is 2.62 bits per heavy atom. The van der Waals surface area contributed by atoms with Gasteiger partial charge in [-0.05, 0) is 24.6 Å². The molecule has 0 amide bonds. The standard InChI is InChI=1S/C16H21F3N4O/c1-3-14-22-21-11-23(14)8-7-20-10-15(2,24)12-5-4-6-13(9-12)16(17,18)19/h4-6,9,11,20,24H,3,7-8,10H2,1-2H3. The van der Waals surface area contributed by atoms with E-state index in [0.717, 1.165) is 24.4 Å². The Morgan fingerprint density at radius 2 is 1.96 bits per heavy atom. The fourth-order valence-corrected chi connectivity index (χ4v) is 2.40. The van der Waals surface area contributed by atoms with Crippen LogP contribution in [0.4, 0.5) is 13.2 Å². The van der Waals surface area contributed by atoms with Crippen LogP contribution in [-0.4, -0.2) is 33.0 Å². The molecule has 24 heavy (non-hydrogen) atoms. The Balaban J connectivity index is 1.94. The minimum atomic E-state index is -4.43. The van der Waals surface area contributed by atoms with E-state index >= 15 is 0 Å². The fraction of sp³-hybridized carbons (Fsp3) is 0.500. The van der Waals surface area contributed by atoms with Crippen LogP contribution in [-0.2, 0) is 24.7 Å². The molecule has 1 atom stereocenters. The summed E-state index contributed by atoms with van der Waals surface area (Å²) >= 11 is 0. The molecule has 0 aliphatic carbocycles. The van der Waals surface area contributed by atoms with Gasteiger partial charge in [-0.25, -0.2) is 0 Å². The van der Waals surface area contributed by atoms with Gasteiger partial charge in [-0.2, -0.15) is 13.2 Å². The van der Waals surface area contributed by atoms with Crippen LogP contribution in [0.1, 0.15) is 30.8 Å². The first-order chi connectivity index (χ1) is 11.2. The largest absolute Gasteiger partial charge is 0.416 e. The summed E-state index contributed by atoms with van der Waals surface area (Å²) in [5.74, 6) is 0.862. The molecule has 0 aliphatic heterocycles. The third-order valence-corrected chi connectivity index (χ3v) is 3.82. The third kappa shape index (κ3) is 4.55. The highest BCUT2D eigenvalue weighted by Gasteiger charge is 2.32. The van der Waals surface area contributed by atoms with Gasteiger partial charge in [0.1, 0.15) is 12.2 Å². The second-order valence-corrected chi connectivity index (χ2v) is 5.82. The summed E-state index contributed by atoms with van der Waals surface area (Å²) in [5.41, 5.74) is -1.94. The average Bonchev–Trinajstić information content (AvgIpc) is 2.98. The van der Waals surface area contributed by atoms with Crippen molar-refractivity contribution in [2.24, 2.45) is 0 Å². The number of nitrogens with one attached hydrogen (secondary N) is 1. The highest BCUT2D eigenvalue weighted by molar-refractivity contribution is 5.29. The van der Waals surface area contributed by atoms with Gasteiger partial charge in [-0.3, -0.25) is 0 Å². The van der Waals surface area contributed by atoms with Gasteiger partial charge in [-0.1, -0.05) is 19.1 Å². The molecule has 1 heterocycles. The summed E-state index contributed by atoms with van der Waals surface area (Å²) in [5, 5.41) is 21.3. The van der Waals surface area contributed by atoms with Gasteiger partial charge < -0.3 is 15.0 Å². The number of aromatic nitrogens is 3. The van der Waals surface area contributed by atoms with Gasteiger partial charge in [-0.15, -0.1) is 10.2 Å². The number of nitrogens with zero attached hydrogens (tertiary/aromatic N) is 3. The van der Waals surface area contributed by atoms with E-state index in [0.29, 0.717) is 13.1 Å². The molecule has 0 aliphatic rings. The average molecular weight is 342 g/mol. The highest BCUT2D eigenvalue weighted by Crippen LogP contribution is 2.31. The number of hydrogen-bond acceptors (Lipinski definition) is 4. The SMILES string of the molecule is CCc1nncn1CCNCC(C)(O)c1cccc(C(F)(F)F)c1. The zero-order valence-electron chi connectivity index (χ0n) is 13.6. The van der Waals surface area contributed by atoms with Crippen molar-refractivity contribution in [1.82, 2.24) is 20.1 Å². The zero-order valence-corrected chi connectivity index (χ0v) is 13.6. The zero-order chi connectivity index (χ0) is 17.8. The summed E-state index contributed by atoms with van der Waals surface area (Å²) in [7, 11) is 0. The van der Waals surface area contributed by atoms with Crippen molar-refractivity contribution >= 4 is 0 Å². The molecule has 0 spiro atoms. The van der Waals surface area contributed by atoms with E-state index in [1.165, 1.54) is 19.1 Å². The lowest BCUT2D eigenvalue weighted by molar-refractivity contribution is -0.137. The summed E-state index contributed by atoms with van der Waals surface area (Å²) in [6.07, 6.45) is -2.03. The lowest BCUT2D eigenvalue weighted by atomic mass is 9.94. The number of alkyl halides is 3. The van der Waals surface area contributed by atoms with E-state index in [1.54, 1.807) is 6.33 Å². The van der Waals surface area contributed by atoms with Gasteiger partial charge in [0.2, 0.25) is 0 Å². The van der Waals surface area contributed by atoms with E-state index in [1.807, 2.05) is 11.5 Å². The summed E-state index contributed by atoms with van der Waals surface area (Å²) in [6.45, 7) is 4.77.